The lowest BCUT2D eigenvalue weighted by Crippen LogP contribution is -2.32. The molecule has 0 saturated heterocycles. The molecule has 0 saturated carbocycles. The first kappa shape index (κ1) is 16.9. The van der Waals surface area contributed by atoms with Gasteiger partial charge in [-0.1, -0.05) is 18.7 Å². The van der Waals surface area contributed by atoms with Gasteiger partial charge in [-0.05, 0) is 19.8 Å². The second-order valence-electron chi connectivity index (χ2n) is 4.91. The van der Waals surface area contributed by atoms with Gasteiger partial charge in [-0.25, -0.2) is 4.79 Å². The summed E-state index contributed by atoms with van der Waals surface area (Å²) in [7, 11) is 0. The van der Waals surface area contributed by atoms with Crippen molar-refractivity contribution in [2.75, 3.05) is 13.2 Å². The van der Waals surface area contributed by atoms with Crippen molar-refractivity contribution >= 4 is 17.9 Å². The lowest BCUT2D eigenvalue weighted by molar-refractivity contribution is -0.157. The van der Waals surface area contributed by atoms with Gasteiger partial charge in [0.15, 0.2) is 0 Å². The van der Waals surface area contributed by atoms with Crippen molar-refractivity contribution in [3.05, 3.63) is 24.3 Å². The highest BCUT2D eigenvalue weighted by atomic mass is 16.5. The molecule has 0 aromatic rings. The van der Waals surface area contributed by atoms with Crippen LogP contribution in [0, 0.1) is 11.8 Å². The minimum Gasteiger partial charge on any atom is -0.481 e. The van der Waals surface area contributed by atoms with Gasteiger partial charge in [0, 0.05) is 12.0 Å². The first-order valence-electron chi connectivity index (χ1n) is 6.82. The van der Waals surface area contributed by atoms with Crippen LogP contribution in [-0.4, -0.2) is 36.2 Å². The summed E-state index contributed by atoms with van der Waals surface area (Å²) in [5.74, 6) is -3.50. The highest BCUT2D eigenvalue weighted by Gasteiger charge is 2.34. The average Bonchev–Trinajstić information content (AvgIpc) is 2.46. The second kappa shape index (κ2) is 8.24. The lowest BCUT2D eigenvalue weighted by Gasteiger charge is -2.22. The Labute approximate surface area is 123 Å². The fourth-order valence-corrected chi connectivity index (χ4v) is 1.98. The van der Waals surface area contributed by atoms with Crippen LogP contribution in [0.15, 0.2) is 24.3 Å². The van der Waals surface area contributed by atoms with Gasteiger partial charge in [0.1, 0.15) is 0 Å². The van der Waals surface area contributed by atoms with Crippen LogP contribution in [0.25, 0.3) is 0 Å². The zero-order valence-corrected chi connectivity index (χ0v) is 12.0. The van der Waals surface area contributed by atoms with Crippen molar-refractivity contribution in [3.63, 3.8) is 0 Å². The number of rotatable bonds is 7. The van der Waals surface area contributed by atoms with Crippen LogP contribution in [0.2, 0.25) is 0 Å². The fourth-order valence-electron chi connectivity index (χ4n) is 1.98. The summed E-state index contributed by atoms with van der Waals surface area (Å²) in [6, 6.07) is 0. The largest absolute Gasteiger partial charge is 0.481 e. The molecule has 1 N–H and O–H groups in total. The van der Waals surface area contributed by atoms with Gasteiger partial charge < -0.3 is 14.6 Å². The van der Waals surface area contributed by atoms with Crippen LogP contribution >= 0.6 is 0 Å². The number of hydrogen-bond acceptors (Lipinski definition) is 5. The Morgan fingerprint density at radius 1 is 1.29 bits per heavy atom. The predicted molar refractivity (Wildman–Crippen MR) is 74.3 cm³/mol. The van der Waals surface area contributed by atoms with E-state index in [1.54, 1.807) is 13.0 Å². The second-order valence-corrected chi connectivity index (χ2v) is 4.91. The van der Waals surface area contributed by atoms with E-state index in [2.05, 4.69) is 6.58 Å². The van der Waals surface area contributed by atoms with Crippen LogP contribution in [0.4, 0.5) is 0 Å². The van der Waals surface area contributed by atoms with Crippen LogP contribution < -0.4 is 0 Å². The molecule has 0 aliphatic heterocycles. The van der Waals surface area contributed by atoms with Crippen molar-refractivity contribution < 1.29 is 29.0 Å². The zero-order valence-electron chi connectivity index (χ0n) is 12.0. The third-order valence-electron chi connectivity index (χ3n) is 3.12. The Hall–Kier alpha value is -2.11. The monoisotopic (exact) mass is 296 g/mol. The number of hydrogen-bond donors (Lipinski definition) is 1. The molecule has 6 heteroatoms. The van der Waals surface area contributed by atoms with E-state index in [0.717, 1.165) is 0 Å². The third kappa shape index (κ3) is 5.41. The molecule has 0 aromatic heterocycles. The molecular formula is C15H20O6. The molecule has 0 fully saturated rings. The molecule has 0 heterocycles. The maximum Gasteiger partial charge on any atom is 0.333 e. The van der Waals surface area contributed by atoms with Gasteiger partial charge in [0.2, 0.25) is 0 Å². The molecule has 1 aliphatic carbocycles. The van der Waals surface area contributed by atoms with Gasteiger partial charge in [0.05, 0.1) is 25.0 Å². The minimum atomic E-state index is -1.02. The molecule has 2 atom stereocenters. The number of allylic oxidation sites excluding steroid dienone is 1. The first-order chi connectivity index (χ1) is 9.93. The van der Waals surface area contributed by atoms with Gasteiger partial charge in [-0.2, -0.15) is 0 Å². The molecule has 1 rings (SSSR count). The molecule has 0 radical (unpaired) electrons. The normalized spacial score (nSPS) is 20.6. The van der Waals surface area contributed by atoms with Crippen LogP contribution in [0.3, 0.4) is 0 Å². The number of carbonyl (C=O) groups is 3. The SMILES string of the molecule is C=C(C)C(=O)OCCCOC(=O)C1CCC=CC1C(=O)O. The Morgan fingerprint density at radius 3 is 2.57 bits per heavy atom. The first-order valence-corrected chi connectivity index (χ1v) is 6.82. The topological polar surface area (TPSA) is 89.9 Å². The summed E-state index contributed by atoms with van der Waals surface area (Å²) in [5.41, 5.74) is 0.310. The summed E-state index contributed by atoms with van der Waals surface area (Å²) in [6.45, 7) is 5.22. The number of esters is 2. The number of aliphatic carboxylic acids is 1. The van der Waals surface area contributed by atoms with E-state index in [1.807, 2.05) is 0 Å². The molecule has 21 heavy (non-hydrogen) atoms. The summed E-state index contributed by atoms with van der Waals surface area (Å²) in [6.07, 6.45) is 4.80. The van der Waals surface area contributed by atoms with Gasteiger partial charge in [-0.15, -0.1) is 0 Å². The van der Waals surface area contributed by atoms with Crippen molar-refractivity contribution in [2.24, 2.45) is 11.8 Å². The van der Waals surface area contributed by atoms with Gasteiger partial charge in [0.25, 0.3) is 0 Å². The molecule has 2 unspecified atom stereocenters. The molecule has 116 valence electrons. The molecule has 0 bridgehead atoms. The van der Waals surface area contributed by atoms with E-state index in [4.69, 9.17) is 14.6 Å². The van der Waals surface area contributed by atoms with E-state index >= 15 is 0 Å². The lowest BCUT2D eigenvalue weighted by atomic mass is 9.84. The molecule has 0 spiro atoms. The van der Waals surface area contributed by atoms with Crippen molar-refractivity contribution in [3.8, 4) is 0 Å². The average molecular weight is 296 g/mol. The quantitative estimate of drug-likeness (QED) is 0.333. The molecule has 0 aromatic carbocycles. The molecule has 1 aliphatic rings. The summed E-state index contributed by atoms with van der Waals surface area (Å²) >= 11 is 0. The Bertz CT molecular complexity index is 451. The van der Waals surface area contributed by atoms with Crippen LogP contribution in [0.5, 0.6) is 0 Å². The molecule has 6 nitrogen and oxygen atoms in total. The number of carboxylic acid groups (broad SMARTS) is 1. The van der Waals surface area contributed by atoms with Crippen LogP contribution in [0.1, 0.15) is 26.2 Å². The summed E-state index contributed by atoms with van der Waals surface area (Å²) < 4.78 is 9.91. The Balaban J connectivity index is 2.30. The number of carbonyl (C=O) groups excluding carboxylic acids is 2. The number of carboxylic acids is 1. The third-order valence-corrected chi connectivity index (χ3v) is 3.12. The standard InChI is InChI=1S/C15H20O6/c1-10(2)14(18)20-8-5-9-21-15(19)12-7-4-3-6-11(12)13(16)17/h3,6,11-12H,1,4-5,7-9H2,2H3,(H,16,17). The Morgan fingerprint density at radius 2 is 1.95 bits per heavy atom. The highest BCUT2D eigenvalue weighted by Crippen LogP contribution is 2.26. The predicted octanol–water partition coefficient (Wildman–Crippen LogP) is 1.71. The Kier molecular flexibility index (Phi) is 6.65. The fraction of sp³-hybridized carbons (Fsp3) is 0.533. The maximum atomic E-state index is 11.9. The van der Waals surface area contributed by atoms with Gasteiger partial charge in [-0.3, -0.25) is 9.59 Å². The van der Waals surface area contributed by atoms with E-state index in [0.29, 0.717) is 24.8 Å². The minimum absolute atomic E-state index is 0.0921. The van der Waals surface area contributed by atoms with Crippen molar-refractivity contribution in [2.45, 2.75) is 26.2 Å². The maximum absolute atomic E-state index is 11.9. The summed E-state index contributed by atoms with van der Waals surface area (Å²) in [4.78, 5) is 34.0. The molecule has 0 amide bonds. The van der Waals surface area contributed by atoms with Crippen molar-refractivity contribution in [1.29, 1.82) is 0 Å². The van der Waals surface area contributed by atoms with Gasteiger partial charge >= 0.3 is 17.9 Å². The van der Waals surface area contributed by atoms with Crippen LogP contribution in [-0.2, 0) is 23.9 Å². The highest BCUT2D eigenvalue weighted by molar-refractivity contribution is 5.86. The summed E-state index contributed by atoms with van der Waals surface area (Å²) in [5, 5.41) is 9.06. The smallest absolute Gasteiger partial charge is 0.333 e. The van der Waals surface area contributed by atoms with E-state index < -0.39 is 29.7 Å². The van der Waals surface area contributed by atoms with E-state index in [1.165, 1.54) is 6.08 Å². The van der Waals surface area contributed by atoms with Crippen molar-refractivity contribution in [1.82, 2.24) is 0 Å². The van der Waals surface area contributed by atoms with E-state index in [9.17, 15) is 14.4 Å². The number of ether oxygens (including phenoxy) is 2. The van der Waals surface area contributed by atoms with E-state index in [-0.39, 0.29) is 13.2 Å². The zero-order chi connectivity index (χ0) is 15.8. The molecular weight excluding hydrogens is 276 g/mol.